The summed E-state index contributed by atoms with van der Waals surface area (Å²) in [6, 6.07) is 9.84. The van der Waals surface area contributed by atoms with Crippen molar-refractivity contribution in [2.24, 2.45) is 7.05 Å². The average Bonchev–Trinajstić information content (AvgIpc) is 3.51. The van der Waals surface area contributed by atoms with Crippen molar-refractivity contribution >= 4 is 22.9 Å². The first kappa shape index (κ1) is 24.6. The first-order valence-electron chi connectivity index (χ1n) is 11.1. The van der Waals surface area contributed by atoms with E-state index in [-0.39, 0.29) is 17.0 Å². The molecule has 0 unspecified atom stereocenters. The summed E-state index contributed by atoms with van der Waals surface area (Å²) in [7, 11) is 1.60. The number of hydrogen-bond donors (Lipinski definition) is 0. The van der Waals surface area contributed by atoms with Gasteiger partial charge in [0, 0.05) is 29.9 Å². The number of pyridine rings is 2. The minimum absolute atomic E-state index is 0.0944. The monoisotopic (exact) mass is 522 g/mol. The molecule has 0 atom stereocenters. The van der Waals surface area contributed by atoms with Gasteiger partial charge in [0.05, 0.1) is 5.56 Å². The Morgan fingerprint density at radius 3 is 2.28 bits per heavy atom. The quantitative estimate of drug-likeness (QED) is 0.195. The number of nitrogens with zero attached hydrogens (tertiary/aromatic N) is 4. The lowest BCUT2D eigenvalue weighted by molar-refractivity contribution is -0.289. The first-order valence-corrected chi connectivity index (χ1v) is 12.1. The third-order valence-corrected chi connectivity index (χ3v) is 7.13. The molecule has 1 saturated carbocycles. The van der Waals surface area contributed by atoms with Crippen LogP contribution in [0.15, 0.2) is 53.7 Å². The third kappa shape index (κ3) is 4.12. The van der Waals surface area contributed by atoms with Crippen LogP contribution in [0.3, 0.4) is 0 Å². The van der Waals surface area contributed by atoms with Crippen molar-refractivity contribution in [1.29, 1.82) is 0 Å². The van der Waals surface area contributed by atoms with Crippen LogP contribution in [-0.2, 0) is 18.6 Å². The van der Waals surface area contributed by atoms with Crippen molar-refractivity contribution in [3.63, 3.8) is 0 Å². The lowest BCUT2D eigenvalue weighted by Crippen LogP contribution is -2.33. The second kappa shape index (κ2) is 8.50. The van der Waals surface area contributed by atoms with Crippen molar-refractivity contribution < 1.29 is 26.3 Å². The van der Waals surface area contributed by atoms with Gasteiger partial charge in [0.25, 0.3) is 0 Å². The summed E-state index contributed by atoms with van der Waals surface area (Å²) in [5, 5.41) is 0. The van der Waals surface area contributed by atoms with E-state index in [4.69, 9.17) is 0 Å². The third-order valence-electron chi connectivity index (χ3n) is 6.22. The number of benzene rings is 1. The van der Waals surface area contributed by atoms with Gasteiger partial charge in [0.1, 0.15) is 16.9 Å². The first-order chi connectivity index (χ1) is 16.9. The zero-order valence-electron chi connectivity index (χ0n) is 19.2. The van der Waals surface area contributed by atoms with Gasteiger partial charge in [0.2, 0.25) is 0 Å². The molecule has 3 aromatic heterocycles. The summed E-state index contributed by atoms with van der Waals surface area (Å²) in [4.78, 5) is 13.5. The van der Waals surface area contributed by atoms with Gasteiger partial charge in [-0.1, -0.05) is 31.2 Å². The van der Waals surface area contributed by atoms with Gasteiger partial charge in [-0.15, -0.1) is 11.8 Å². The number of hydrogen-bond acceptors (Lipinski definition) is 4. The summed E-state index contributed by atoms with van der Waals surface area (Å²) in [6.45, 7) is 1.95. The average molecular weight is 523 g/mol. The fourth-order valence-electron chi connectivity index (χ4n) is 4.02. The zero-order valence-corrected chi connectivity index (χ0v) is 20.0. The molecule has 0 radical (unpaired) electrons. The number of rotatable bonds is 6. The number of aromatic nitrogens is 4. The van der Waals surface area contributed by atoms with E-state index in [2.05, 4.69) is 15.0 Å². The molecule has 0 N–H and O–H groups in total. The fraction of sp³-hybridized carbons (Fsp3) is 0.320. The Morgan fingerprint density at radius 1 is 0.972 bits per heavy atom. The predicted octanol–water partition coefficient (Wildman–Crippen LogP) is 7.42. The Balaban J connectivity index is 1.55. The molecule has 1 aliphatic carbocycles. The molecular weight excluding hydrogens is 502 g/mol. The second-order valence-corrected chi connectivity index (χ2v) is 9.99. The number of imidazole rings is 1. The highest BCUT2D eigenvalue weighted by molar-refractivity contribution is 7.99. The molecule has 1 aliphatic rings. The highest BCUT2D eigenvalue weighted by Crippen LogP contribution is 2.49. The van der Waals surface area contributed by atoms with Gasteiger partial charge in [-0.25, -0.2) is 14.4 Å². The number of halogens is 6. The molecule has 0 saturated heterocycles. The molecule has 3 heterocycles. The number of aryl methyl sites for hydroxylation is 1. The highest BCUT2D eigenvalue weighted by Gasteiger charge is 2.59. The summed E-state index contributed by atoms with van der Waals surface area (Å²) >= 11 is 1.49. The number of alkyl halides is 6. The maximum Gasteiger partial charge on any atom is 0.458 e. The van der Waals surface area contributed by atoms with Crippen molar-refractivity contribution in [2.75, 3.05) is 5.75 Å². The van der Waals surface area contributed by atoms with Crippen LogP contribution in [0.2, 0.25) is 0 Å². The predicted molar refractivity (Wildman–Crippen MR) is 126 cm³/mol. The van der Waals surface area contributed by atoms with E-state index in [0.717, 1.165) is 16.0 Å². The largest absolute Gasteiger partial charge is 0.458 e. The van der Waals surface area contributed by atoms with Crippen LogP contribution in [0.4, 0.5) is 26.3 Å². The molecule has 0 amide bonds. The lowest BCUT2D eigenvalue weighted by atomic mass is 10.0. The van der Waals surface area contributed by atoms with Gasteiger partial charge < -0.3 is 4.57 Å². The standard InChI is InChI=1S/C25H20F6N4S/c1-3-36-19-10-15(14-4-6-16(7-5-14)23(26)8-9-23)12-32-20(19)22-34-18-11-17(13-33-21(18)35(22)2)24(27,28)25(29,30)31/h4-7,10-13H,3,8-9H2,1-2H3. The van der Waals surface area contributed by atoms with Gasteiger partial charge >= 0.3 is 12.1 Å². The number of fused-ring (bicyclic) bond motifs is 1. The molecule has 0 spiro atoms. The van der Waals surface area contributed by atoms with E-state index < -0.39 is 23.3 Å². The van der Waals surface area contributed by atoms with Gasteiger partial charge in [-0.2, -0.15) is 22.0 Å². The molecule has 0 aliphatic heterocycles. The molecule has 4 nitrogen and oxygen atoms in total. The fourth-order valence-corrected chi connectivity index (χ4v) is 4.82. The normalized spacial score (nSPS) is 15.4. The molecule has 5 rings (SSSR count). The van der Waals surface area contributed by atoms with E-state index in [9.17, 15) is 26.3 Å². The van der Waals surface area contributed by atoms with E-state index in [1.165, 1.54) is 16.3 Å². The van der Waals surface area contributed by atoms with Crippen LogP contribution in [0.1, 0.15) is 30.9 Å². The second-order valence-electron chi connectivity index (χ2n) is 8.68. The number of thioether (sulfide) groups is 1. The van der Waals surface area contributed by atoms with Gasteiger partial charge in [-0.3, -0.25) is 4.98 Å². The molecule has 0 bridgehead atoms. The maximum absolute atomic E-state index is 14.3. The smallest absolute Gasteiger partial charge is 0.310 e. The summed E-state index contributed by atoms with van der Waals surface area (Å²) < 4.78 is 82.0. The highest BCUT2D eigenvalue weighted by atomic mass is 32.2. The molecule has 1 aromatic carbocycles. The van der Waals surface area contributed by atoms with E-state index >= 15 is 0 Å². The van der Waals surface area contributed by atoms with Crippen LogP contribution in [0.25, 0.3) is 33.8 Å². The van der Waals surface area contributed by atoms with Crippen molar-refractivity contribution in [1.82, 2.24) is 19.5 Å². The van der Waals surface area contributed by atoms with E-state index in [0.29, 0.717) is 42.1 Å². The molecule has 4 aromatic rings. The Labute approximate surface area is 206 Å². The molecular formula is C25H20F6N4S. The Hall–Kier alpha value is -3.08. The Morgan fingerprint density at radius 2 is 1.67 bits per heavy atom. The van der Waals surface area contributed by atoms with E-state index in [1.807, 2.05) is 25.1 Å². The van der Waals surface area contributed by atoms with Crippen molar-refractivity contribution in [3.05, 3.63) is 59.9 Å². The van der Waals surface area contributed by atoms with Crippen LogP contribution in [-0.4, -0.2) is 31.4 Å². The van der Waals surface area contributed by atoms with Crippen LogP contribution >= 0.6 is 11.8 Å². The SMILES string of the molecule is CCSc1cc(-c2ccc(C3(F)CC3)cc2)cnc1-c1nc2cc(C(F)(F)C(F)(F)F)cnc2n1C. The zero-order chi connectivity index (χ0) is 25.9. The lowest BCUT2D eigenvalue weighted by Gasteiger charge is -2.19. The molecule has 11 heteroatoms. The van der Waals surface area contributed by atoms with Gasteiger partial charge in [0.15, 0.2) is 11.5 Å². The summed E-state index contributed by atoms with van der Waals surface area (Å²) in [5.74, 6) is -4.06. The molecule has 1 fully saturated rings. The van der Waals surface area contributed by atoms with Crippen LogP contribution in [0, 0.1) is 0 Å². The van der Waals surface area contributed by atoms with Crippen LogP contribution < -0.4 is 0 Å². The van der Waals surface area contributed by atoms with Crippen molar-refractivity contribution in [3.8, 4) is 22.6 Å². The van der Waals surface area contributed by atoms with Crippen molar-refractivity contribution in [2.45, 2.75) is 42.4 Å². The van der Waals surface area contributed by atoms with Crippen LogP contribution in [0.5, 0.6) is 0 Å². The van der Waals surface area contributed by atoms with Gasteiger partial charge in [-0.05, 0) is 41.9 Å². The minimum atomic E-state index is -5.75. The van der Waals surface area contributed by atoms with E-state index in [1.54, 1.807) is 25.4 Å². The minimum Gasteiger partial charge on any atom is -0.310 e. The maximum atomic E-state index is 14.3. The Kier molecular flexibility index (Phi) is 5.81. The Bertz CT molecular complexity index is 1440. The summed E-state index contributed by atoms with van der Waals surface area (Å²) in [5.41, 5.74) is 0.322. The molecule has 36 heavy (non-hydrogen) atoms. The molecule has 188 valence electrons. The summed E-state index contributed by atoms with van der Waals surface area (Å²) in [6.07, 6.45) is -2.54. The topological polar surface area (TPSA) is 43.6 Å².